The van der Waals surface area contributed by atoms with Crippen LogP contribution in [0.25, 0.3) is 0 Å². The third-order valence-corrected chi connectivity index (χ3v) is 2.12. The van der Waals surface area contributed by atoms with Crippen LogP contribution < -0.4 is 40.4 Å². The molecule has 2 N–H and O–H groups in total. The predicted octanol–water partition coefficient (Wildman–Crippen LogP) is -3.74. The van der Waals surface area contributed by atoms with Gasteiger partial charge < -0.3 is 15.6 Å². The van der Waals surface area contributed by atoms with Crippen LogP contribution in [0.4, 0.5) is 0 Å². The van der Waals surface area contributed by atoms with Crippen LogP contribution in [0.3, 0.4) is 0 Å². The third-order valence-electron chi connectivity index (χ3n) is 2.12. The number of carbonyl (C=O) groups is 1. The van der Waals surface area contributed by atoms with E-state index in [1.807, 2.05) is 0 Å². The summed E-state index contributed by atoms with van der Waals surface area (Å²) in [6.07, 6.45) is 3.57. The van der Waals surface area contributed by atoms with Crippen LogP contribution in [0.1, 0.15) is 25.7 Å². The molecule has 11 heavy (non-hydrogen) atoms. The molecule has 2 unspecified atom stereocenters. The first-order chi connectivity index (χ1) is 4.72. The van der Waals surface area contributed by atoms with E-state index in [0.717, 1.165) is 19.3 Å². The summed E-state index contributed by atoms with van der Waals surface area (Å²) in [4.78, 5) is 10.4. The zero-order chi connectivity index (χ0) is 7.56. The molecule has 0 amide bonds. The van der Waals surface area contributed by atoms with Crippen LogP contribution in [0, 0.1) is 5.92 Å². The molecule has 1 aliphatic carbocycles. The molecule has 0 aromatic heterocycles. The van der Waals surface area contributed by atoms with Crippen LogP contribution in [-0.2, 0) is 4.79 Å². The minimum absolute atomic E-state index is 0. The van der Waals surface area contributed by atoms with Gasteiger partial charge in [-0.1, -0.05) is 12.8 Å². The van der Waals surface area contributed by atoms with E-state index in [0.29, 0.717) is 6.42 Å². The van der Waals surface area contributed by atoms with Crippen molar-refractivity contribution in [2.24, 2.45) is 11.7 Å². The van der Waals surface area contributed by atoms with E-state index in [9.17, 15) is 9.90 Å². The second-order valence-corrected chi connectivity index (χ2v) is 2.87. The minimum atomic E-state index is -0.979. The molecule has 0 spiro atoms. The number of carboxylic acids is 1. The van der Waals surface area contributed by atoms with Gasteiger partial charge in [-0.3, -0.25) is 0 Å². The smallest absolute Gasteiger partial charge is 0.550 e. The number of hydrogen-bond acceptors (Lipinski definition) is 3. The van der Waals surface area contributed by atoms with E-state index in [-0.39, 0.29) is 35.6 Å². The van der Waals surface area contributed by atoms with Crippen LogP contribution in [-0.4, -0.2) is 12.0 Å². The number of hydrogen-bond donors (Lipinski definition) is 1. The van der Waals surface area contributed by atoms with Gasteiger partial charge in [0.05, 0.1) is 0 Å². The van der Waals surface area contributed by atoms with Gasteiger partial charge in [-0.15, -0.1) is 0 Å². The monoisotopic (exact) mass is 165 g/mol. The van der Waals surface area contributed by atoms with Gasteiger partial charge in [-0.05, 0) is 12.8 Å². The Morgan fingerprint density at radius 3 is 2.27 bits per heavy atom. The zero-order valence-corrected chi connectivity index (χ0v) is 8.88. The van der Waals surface area contributed by atoms with Gasteiger partial charge in [0.1, 0.15) is 0 Å². The van der Waals surface area contributed by atoms with Crippen LogP contribution in [0.15, 0.2) is 0 Å². The average molecular weight is 165 g/mol. The van der Waals surface area contributed by atoms with E-state index in [4.69, 9.17) is 5.73 Å². The molecule has 1 fully saturated rings. The predicted molar refractivity (Wildman–Crippen MR) is 34.9 cm³/mol. The number of nitrogens with two attached hydrogens (primary N) is 1. The van der Waals surface area contributed by atoms with Gasteiger partial charge in [0.2, 0.25) is 0 Å². The van der Waals surface area contributed by atoms with Crippen LogP contribution >= 0.6 is 0 Å². The van der Waals surface area contributed by atoms with Crippen molar-refractivity contribution >= 4 is 5.97 Å². The maximum Gasteiger partial charge on any atom is 1.00 e. The van der Waals surface area contributed by atoms with Gasteiger partial charge in [-0.25, -0.2) is 0 Å². The maximum absolute atomic E-state index is 10.4. The Kier molecular flexibility index (Phi) is 5.34. The van der Waals surface area contributed by atoms with Crippen molar-refractivity contribution in [1.29, 1.82) is 0 Å². The van der Waals surface area contributed by atoms with E-state index in [1.165, 1.54) is 0 Å². The number of aliphatic carboxylic acids is 1. The SMILES string of the molecule is NC1CCCCC1C(=O)[O-].[Na+]. The normalized spacial score (nSPS) is 30.6. The Labute approximate surface area is 88.6 Å². The van der Waals surface area contributed by atoms with Gasteiger partial charge in [0, 0.05) is 17.9 Å². The van der Waals surface area contributed by atoms with E-state index in [1.54, 1.807) is 0 Å². The molecule has 0 aliphatic heterocycles. The van der Waals surface area contributed by atoms with Crippen molar-refractivity contribution in [2.75, 3.05) is 0 Å². The molecule has 3 nitrogen and oxygen atoms in total. The first-order valence-electron chi connectivity index (χ1n) is 3.68. The van der Waals surface area contributed by atoms with Crippen molar-refractivity contribution in [3.8, 4) is 0 Å². The van der Waals surface area contributed by atoms with E-state index in [2.05, 4.69) is 0 Å². The van der Waals surface area contributed by atoms with Gasteiger partial charge in [0.25, 0.3) is 0 Å². The van der Waals surface area contributed by atoms with Gasteiger partial charge >= 0.3 is 29.6 Å². The largest absolute Gasteiger partial charge is 1.00 e. The molecule has 0 saturated heterocycles. The fourth-order valence-corrected chi connectivity index (χ4v) is 1.45. The molecule has 0 radical (unpaired) electrons. The Morgan fingerprint density at radius 2 is 1.91 bits per heavy atom. The number of carbonyl (C=O) groups excluding carboxylic acids is 1. The third kappa shape index (κ3) is 3.11. The Morgan fingerprint density at radius 1 is 1.36 bits per heavy atom. The Balaban J connectivity index is 0.000001000. The zero-order valence-electron chi connectivity index (χ0n) is 6.88. The van der Waals surface area contributed by atoms with Crippen molar-refractivity contribution in [3.05, 3.63) is 0 Å². The molecule has 1 aliphatic rings. The molecule has 58 valence electrons. The molecule has 0 aromatic rings. The van der Waals surface area contributed by atoms with Crippen molar-refractivity contribution in [2.45, 2.75) is 31.7 Å². The minimum Gasteiger partial charge on any atom is -0.550 e. The van der Waals surface area contributed by atoms with Crippen molar-refractivity contribution < 1.29 is 39.5 Å². The molecular weight excluding hydrogens is 153 g/mol. The summed E-state index contributed by atoms with van der Waals surface area (Å²) >= 11 is 0. The summed E-state index contributed by atoms with van der Waals surface area (Å²) in [6, 6.07) is -0.168. The van der Waals surface area contributed by atoms with E-state index >= 15 is 0 Å². The van der Waals surface area contributed by atoms with E-state index < -0.39 is 11.9 Å². The van der Waals surface area contributed by atoms with Crippen LogP contribution in [0.2, 0.25) is 0 Å². The fourth-order valence-electron chi connectivity index (χ4n) is 1.45. The molecular formula is C7H12NNaO2. The first-order valence-corrected chi connectivity index (χ1v) is 3.68. The summed E-state index contributed by atoms with van der Waals surface area (Å²) in [5.74, 6) is -1.37. The topological polar surface area (TPSA) is 66.2 Å². The second-order valence-electron chi connectivity index (χ2n) is 2.87. The Hall–Kier alpha value is 0.430. The number of rotatable bonds is 1. The van der Waals surface area contributed by atoms with Gasteiger partial charge in [0.15, 0.2) is 0 Å². The maximum atomic E-state index is 10.4. The molecule has 0 bridgehead atoms. The summed E-state index contributed by atoms with van der Waals surface area (Å²) in [5.41, 5.74) is 5.56. The molecule has 1 rings (SSSR count). The molecule has 2 atom stereocenters. The summed E-state index contributed by atoms with van der Waals surface area (Å²) < 4.78 is 0. The molecule has 0 heterocycles. The summed E-state index contributed by atoms with van der Waals surface area (Å²) in [5, 5.41) is 10.4. The quantitative estimate of drug-likeness (QED) is 0.406. The average Bonchev–Trinajstić information content (AvgIpc) is 1.88. The van der Waals surface area contributed by atoms with Crippen LogP contribution in [0.5, 0.6) is 0 Å². The van der Waals surface area contributed by atoms with Crippen molar-refractivity contribution in [1.82, 2.24) is 0 Å². The second kappa shape index (κ2) is 5.14. The fraction of sp³-hybridized carbons (Fsp3) is 0.857. The van der Waals surface area contributed by atoms with Crippen molar-refractivity contribution in [3.63, 3.8) is 0 Å². The molecule has 1 saturated carbocycles. The van der Waals surface area contributed by atoms with Gasteiger partial charge in [-0.2, -0.15) is 0 Å². The standard InChI is InChI=1S/C7H13NO2.Na/c8-6-4-2-1-3-5(6)7(9)10;/h5-6H,1-4,8H2,(H,9,10);/q;+1/p-1. The molecule has 4 heteroatoms. The summed E-state index contributed by atoms with van der Waals surface area (Å²) in [6.45, 7) is 0. The number of carboxylic acid groups (broad SMARTS) is 1. The summed E-state index contributed by atoms with van der Waals surface area (Å²) in [7, 11) is 0. The Bertz CT molecular complexity index is 140. The first kappa shape index (κ1) is 11.4. The molecule has 0 aromatic carbocycles.